The third-order valence-electron chi connectivity index (χ3n) is 4.49. The fraction of sp³-hybridized carbons (Fsp3) is 0.238. The molecular weight excluding hydrogens is 344 g/mol. The van der Waals surface area contributed by atoms with Crippen molar-refractivity contribution in [3.8, 4) is 5.75 Å². The van der Waals surface area contributed by atoms with Gasteiger partial charge in [-0.3, -0.25) is 9.59 Å². The smallest absolute Gasteiger partial charge is 0.228 e. The van der Waals surface area contributed by atoms with Crippen LogP contribution in [0.3, 0.4) is 0 Å². The van der Waals surface area contributed by atoms with Gasteiger partial charge in [-0.1, -0.05) is 12.1 Å². The van der Waals surface area contributed by atoms with Crippen LogP contribution in [0.25, 0.3) is 11.0 Å². The van der Waals surface area contributed by atoms with Gasteiger partial charge in [-0.25, -0.2) is 0 Å². The summed E-state index contributed by atoms with van der Waals surface area (Å²) in [5, 5.41) is 6.48. The van der Waals surface area contributed by atoms with Gasteiger partial charge >= 0.3 is 0 Å². The second-order valence-corrected chi connectivity index (χ2v) is 6.47. The summed E-state index contributed by atoms with van der Waals surface area (Å²) < 4.78 is 10.9. The number of fused-ring (bicyclic) bond motifs is 1. The molecule has 2 N–H and O–H groups in total. The summed E-state index contributed by atoms with van der Waals surface area (Å²) in [6.07, 6.45) is 1.82. The van der Waals surface area contributed by atoms with Crippen LogP contribution < -0.4 is 15.4 Å². The summed E-state index contributed by atoms with van der Waals surface area (Å²) in [6.45, 7) is 5.45. The Bertz CT molecular complexity index is 1020. The number of amides is 2. The van der Waals surface area contributed by atoms with Gasteiger partial charge in [0.2, 0.25) is 11.8 Å². The van der Waals surface area contributed by atoms with E-state index in [1.807, 2.05) is 26.0 Å². The molecule has 1 aromatic heterocycles. The number of anilines is 2. The molecule has 0 aliphatic carbocycles. The maximum absolute atomic E-state index is 12.5. The van der Waals surface area contributed by atoms with Crippen LogP contribution in [0.4, 0.5) is 11.4 Å². The minimum atomic E-state index is -0.215. The Kier molecular flexibility index (Phi) is 5.16. The molecule has 0 bridgehead atoms. The van der Waals surface area contributed by atoms with Crippen LogP contribution in [-0.4, -0.2) is 18.9 Å². The predicted octanol–water partition coefficient (Wildman–Crippen LogP) is 4.20. The van der Waals surface area contributed by atoms with Crippen molar-refractivity contribution in [1.29, 1.82) is 0 Å². The van der Waals surface area contributed by atoms with Gasteiger partial charge in [0, 0.05) is 23.6 Å². The Labute approximate surface area is 157 Å². The zero-order valence-corrected chi connectivity index (χ0v) is 15.8. The fourth-order valence-electron chi connectivity index (χ4n) is 2.98. The standard InChI is InChI=1S/C21H22N2O4/c1-12-5-7-17-15(11-27-21(17)13(12)2)9-20(25)23-16-6-8-19(26-4)18(10-16)22-14(3)24/h5-8,10-11H,9H2,1-4H3,(H,22,24)(H,23,25). The third-order valence-corrected chi connectivity index (χ3v) is 4.49. The van der Waals surface area contributed by atoms with Crippen molar-refractivity contribution in [3.05, 3.63) is 53.3 Å². The maximum Gasteiger partial charge on any atom is 0.228 e. The molecule has 3 rings (SSSR count). The lowest BCUT2D eigenvalue weighted by Gasteiger charge is -2.12. The first-order valence-corrected chi connectivity index (χ1v) is 8.60. The topological polar surface area (TPSA) is 80.6 Å². The molecule has 0 saturated carbocycles. The number of carbonyl (C=O) groups excluding carboxylic acids is 2. The van der Waals surface area contributed by atoms with Gasteiger partial charge in [0.1, 0.15) is 11.3 Å². The van der Waals surface area contributed by atoms with E-state index < -0.39 is 0 Å². The van der Waals surface area contributed by atoms with Crippen molar-refractivity contribution in [1.82, 2.24) is 0 Å². The lowest BCUT2D eigenvalue weighted by Crippen LogP contribution is -2.15. The zero-order valence-electron chi connectivity index (χ0n) is 15.8. The van der Waals surface area contributed by atoms with E-state index in [-0.39, 0.29) is 18.2 Å². The SMILES string of the molecule is COc1ccc(NC(=O)Cc2coc3c(C)c(C)ccc23)cc1NC(C)=O. The van der Waals surface area contributed by atoms with Gasteiger partial charge in [-0.15, -0.1) is 0 Å². The summed E-state index contributed by atoms with van der Waals surface area (Å²) in [7, 11) is 1.52. The van der Waals surface area contributed by atoms with Crippen molar-refractivity contribution < 1.29 is 18.7 Å². The molecule has 0 saturated heterocycles. The van der Waals surface area contributed by atoms with Crippen LogP contribution in [0.1, 0.15) is 23.6 Å². The molecule has 2 amide bonds. The molecule has 0 spiro atoms. The number of ether oxygens (including phenoxy) is 1. The predicted molar refractivity (Wildman–Crippen MR) is 105 cm³/mol. The van der Waals surface area contributed by atoms with Crippen molar-refractivity contribution in [3.63, 3.8) is 0 Å². The van der Waals surface area contributed by atoms with Crippen molar-refractivity contribution in [2.45, 2.75) is 27.2 Å². The molecule has 0 aliphatic heterocycles. The van der Waals surface area contributed by atoms with Crippen LogP contribution in [-0.2, 0) is 16.0 Å². The number of hydrogen-bond donors (Lipinski definition) is 2. The molecule has 6 nitrogen and oxygen atoms in total. The number of carbonyl (C=O) groups is 2. The van der Waals surface area contributed by atoms with E-state index in [0.29, 0.717) is 17.1 Å². The van der Waals surface area contributed by atoms with E-state index >= 15 is 0 Å². The van der Waals surface area contributed by atoms with Crippen molar-refractivity contribution in [2.75, 3.05) is 17.7 Å². The summed E-state index contributed by atoms with van der Waals surface area (Å²) >= 11 is 0. The van der Waals surface area contributed by atoms with Gasteiger partial charge in [0.25, 0.3) is 0 Å². The first kappa shape index (κ1) is 18.5. The molecule has 2 aromatic carbocycles. The van der Waals surface area contributed by atoms with Crippen molar-refractivity contribution in [2.24, 2.45) is 0 Å². The van der Waals surface area contributed by atoms with E-state index in [4.69, 9.17) is 9.15 Å². The molecule has 1 heterocycles. The van der Waals surface area contributed by atoms with Crippen LogP contribution >= 0.6 is 0 Å². The molecular formula is C21H22N2O4. The molecule has 0 radical (unpaired) electrons. The molecule has 0 aliphatic rings. The van der Waals surface area contributed by atoms with Crippen LogP contribution in [0, 0.1) is 13.8 Å². The fourth-order valence-corrected chi connectivity index (χ4v) is 2.98. The highest BCUT2D eigenvalue weighted by atomic mass is 16.5. The van der Waals surface area contributed by atoms with E-state index in [9.17, 15) is 9.59 Å². The summed E-state index contributed by atoms with van der Waals surface area (Å²) in [5.41, 5.74) is 4.95. The number of rotatable bonds is 5. The number of nitrogens with one attached hydrogen (secondary N) is 2. The summed E-state index contributed by atoms with van der Waals surface area (Å²) in [6, 6.07) is 9.09. The average molecular weight is 366 g/mol. The molecule has 6 heteroatoms. The minimum absolute atomic E-state index is 0.171. The number of methoxy groups -OCH3 is 1. The number of benzene rings is 2. The second kappa shape index (κ2) is 7.53. The molecule has 0 atom stereocenters. The molecule has 0 fully saturated rings. The molecule has 3 aromatic rings. The summed E-state index contributed by atoms with van der Waals surface area (Å²) in [4.78, 5) is 23.8. The quantitative estimate of drug-likeness (QED) is 0.709. The Hall–Kier alpha value is -3.28. The van der Waals surface area contributed by atoms with Crippen molar-refractivity contribution >= 4 is 34.2 Å². The van der Waals surface area contributed by atoms with Crippen LogP contribution in [0.2, 0.25) is 0 Å². The van der Waals surface area contributed by atoms with Gasteiger partial charge in [0.05, 0.1) is 25.5 Å². The molecule has 140 valence electrons. The number of aryl methyl sites for hydroxylation is 2. The van der Waals surface area contributed by atoms with E-state index in [1.54, 1.807) is 24.5 Å². The first-order chi connectivity index (χ1) is 12.9. The maximum atomic E-state index is 12.5. The number of furan rings is 1. The van der Waals surface area contributed by atoms with Gasteiger partial charge in [-0.05, 0) is 43.2 Å². The Morgan fingerprint density at radius 1 is 1.11 bits per heavy atom. The largest absolute Gasteiger partial charge is 0.495 e. The molecule has 0 unspecified atom stereocenters. The highest BCUT2D eigenvalue weighted by molar-refractivity contribution is 5.97. The van der Waals surface area contributed by atoms with E-state index in [1.165, 1.54) is 14.0 Å². The van der Waals surface area contributed by atoms with Crippen LogP contribution in [0.5, 0.6) is 5.75 Å². The lowest BCUT2D eigenvalue weighted by molar-refractivity contribution is -0.115. The minimum Gasteiger partial charge on any atom is -0.495 e. The second-order valence-electron chi connectivity index (χ2n) is 6.47. The highest BCUT2D eigenvalue weighted by Crippen LogP contribution is 2.29. The first-order valence-electron chi connectivity index (χ1n) is 8.60. The Morgan fingerprint density at radius 2 is 1.89 bits per heavy atom. The highest BCUT2D eigenvalue weighted by Gasteiger charge is 2.14. The summed E-state index contributed by atoms with van der Waals surface area (Å²) in [5.74, 6) is 0.136. The van der Waals surface area contributed by atoms with Gasteiger partial charge < -0.3 is 19.8 Å². The normalized spacial score (nSPS) is 10.7. The van der Waals surface area contributed by atoms with E-state index in [2.05, 4.69) is 10.6 Å². The average Bonchev–Trinajstić information content (AvgIpc) is 3.01. The number of hydrogen-bond acceptors (Lipinski definition) is 4. The lowest BCUT2D eigenvalue weighted by atomic mass is 10.0. The zero-order chi connectivity index (χ0) is 19.6. The molecule has 27 heavy (non-hydrogen) atoms. The van der Waals surface area contributed by atoms with E-state index in [0.717, 1.165) is 27.7 Å². The van der Waals surface area contributed by atoms with Gasteiger partial charge in [0.15, 0.2) is 0 Å². The van der Waals surface area contributed by atoms with Crippen LogP contribution in [0.15, 0.2) is 41.0 Å². The van der Waals surface area contributed by atoms with Gasteiger partial charge in [-0.2, -0.15) is 0 Å². The Balaban J connectivity index is 1.78. The Morgan fingerprint density at radius 3 is 2.59 bits per heavy atom. The third kappa shape index (κ3) is 3.95. The monoisotopic (exact) mass is 366 g/mol.